The van der Waals surface area contributed by atoms with Crippen molar-refractivity contribution in [3.63, 3.8) is 0 Å². The van der Waals surface area contributed by atoms with Crippen molar-refractivity contribution in [3.8, 4) is 23.4 Å². The van der Waals surface area contributed by atoms with Gasteiger partial charge >= 0.3 is 6.18 Å². The number of alkyl halides is 3. The van der Waals surface area contributed by atoms with Crippen LogP contribution in [0.5, 0.6) is 0 Å². The van der Waals surface area contributed by atoms with Crippen LogP contribution < -0.4 is 4.90 Å². The van der Waals surface area contributed by atoms with Crippen LogP contribution in [0.2, 0.25) is 0 Å². The number of hydrogen-bond acceptors (Lipinski definition) is 4. The van der Waals surface area contributed by atoms with Crippen LogP contribution in [0, 0.1) is 22.7 Å². The molecule has 0 saturated carbocycles. The van der Waals surface area contributed by atoms with E-state index >= 15 is 0 Å². The lowest BCUT2D eigenvalue weighted by Gasteiger charge is -2.16. The fourth-order valence-corrected chi connectivity index (χ4v) is 2.06. The van der Waals surface area contributed by atoms with Crippen molar-refractivity contribution in [2.75, 3.05) is 19.0 Å². The Balaban J connectivity index is 2.48. The standard InChI is InChI=1S/C18H13F3N4/c1-25(2)17-9-15(18(19,20)21)8-16(24-17)14-5-3-12(4-6-14)7-13(10-22)11-23/h3-9H,1-2H3. The number of nitrogens with zero attached hydrogens (tertiary/aromatic N) is 4. The molecule has 2 rings (SSSR count). The fraction of sp³-hybridized carbons (Fsp3) is 0.167. The molecule has 4 nitrogen and oxygen atoms in total. The van der Waals surface area contributed by atoms with Gasteiger partial charge in [-0.3, -0.25) is 0 Å². The maximum absolute atomic E-state index is 13.1. The molecule has 25 heavy (non-hydrogen) atoms. The summed E-state index contributed by atoms with van der Waals surface area (Å²) >= 11 is 0. The zero-order valence-corrected chi connectivity index (χ0v) is 13.5. The highest BCUT2D eigenvalue weighted by molar-refractivity contribution is 5.67. The smallest absolute Gasteiger partial charge is 0.363 e. The minimum Gasteiger partial charge on any atom is -0.363 e. The zero-order valence-electron chi connectivity index (χ0n) is 13.5. The molecule has 0 aliphatic heterocycles. The minimum atomic E-state index is -4.47. The molecule has 0 amide bonds. The molecule has 7 heteroatoms. The topological polar surface area (TPSA) is 63.7 Å². The van der Waals surface area contributed by atoms with E-state index < -0.39 is 11.7 Å². The molecule has 1 aromatic carbocycles. The molecule has 1 aromatic heterocycles. The molecule has 0 aliphatic rings. The van der Waals surface area contributed by atoms with Gasteiger partial charge in [-0.15, -0.1) is 0 Å². The average molecular weight is 342 g/mol. The molecular weight excluding hydrogens is 329 g/mol. The summed E-state index contributed by atoms with van der Waals surface area (Å²) in [6.07, 6.45) is -3.08. The molecule has 1 heterocycles. The number of halogens is 3. The normalized spacial score (nSPS) is 10.5. The molecule has 0 unspecified atom stereocenters. The lowest BCUT2D eigenvalue weighted by molar-refractivity contribution is -0.137. The molecule has 0 atom stereocenters. The largest absolute Gasteiger partial charge is 0.416 e. The first-order valence-corrected chi connectivity index (χ1v) is 7.13. The van der Waals surface area contributed by atoms with Gasteiger partial charge in [-0.1, -0.05) is 24.3 Å². The van der Waals surface area contributed by atoms with E-state index in [4.69, 9.17) is 10.5 Å². The summed E-state index contributed by atoms with van der Waals surface area (Å²) in [5, 5.41) is 17.5. The van der Waals surface area contributed by atoms with Crippen LogP contribution in [-0.2, 0) is 6.18 Å². The summed E-state index contributed by atoms with van der Waals surface area (Å²) in [7, 11) is 3.23. The second-order valence-electron chi connectivity index (χ2n) is 5.40. The molecular formula is C18H13F3N4. The molecule has 0 spiro atoms. The number of allylic oxidation sites excluding steroid dienone is 1. The van der Waals surface area contributed by atoms with E-state index in [0.29, 0.717) is 11.1 Å². The molecule has 126 valence electrons. The van der Waals surface area contributed by atoms with Gasteiger partial charge in [-0.2, -0.15) is 23.7 Å². The molecule has 2 aromatic rings. The molecule has 0 saturated heterocycles. The van der Waals surface area contributed by atoms with Gasteiger partial charge < -0.3 is 4.90 Å². The average Bonchev–Trinajstić information content (AvgIpc) is 2.59. The van der Waals surface area contributed by atoms with Gasteiger partial charge in [0.15, 0.2) is 0 Å². The van der Waals surface area contributed by atoms with Crippen molar-refractivity contribution in [1.29, 1.82) is 10.5 Å². The molecule has 0 radical (unpaired) electrons. The third-order valence-corrected chi connectivity index (χ3v) is 3.36. The lowest BCUT2D eigenvalue weighted by atomic mass is 10.1. The molecule has 0 N–H and O–H groups in total. The summed E-state index contributed by atoms with van der Waals surface area (Å²) in [6.45, 7) is 0. The Bertz CT molecular complexity index is 867. The Morgan fingerprint density at radius 3 is 2.16 bits per heavy atom. The van der Waals surface area contributed by atoms with E-state index in [1.165, 1.54) is 11.0 Å². The molecule has 0 bridgehead atoms. The summed E-state index contributed by atoms with van der Waals surface area (Å²) in [5.41, 5.74) is 0.458. The van der Waals surface area contributed by atoms with Gasteiger partial charge in [0.2, 0.25) is 0 Å². The Morgan fingerprint density at radius 2 is 1.68 bits per heavy atom. The van der Waals surface area contributed by atoms with Crippen molar-refractivity contribution in [2.24, 2.45) is 0 Å². The summed E-state index contributed by atoms with van der Waals surface area (Å²) in [4.78, 5) is 5.75. The van der Waals surface area contributed by atoms with Gasteiger partial charge in [0.25, 0.3) is 0 Å². The summed E-state index contributed by atoms with van der Waals surface area (Å²) in [6, 6.07) is 11.9. The van der Waals surface area contributed by atoms with Gasteiger partial charge in [0, 0.05) is 19.7 Å². The SMILES string of the molecule is CN(C)c1cc(C(F)(F)F)cc(-c2ccc(C=C(C#N)C#N)cc2)n1. The Kier molecular flexibility index (Phi) is 5.09. The third kappa shape index (κ3) is 4.36. The van der Waals surface area contributed by atoms with Crippen molar-refractivity contribution >= 4 is 11.9 Å². The Hall–Kier alpha value is -3.32. The number of hydrogen-bond donors (Lipinski definition) is 0. The predicted octanol–water partition coefficient (Wildman–Crippen LogP) is 4.26. The molecule has 0 fully saturated rings. The van der Waals surface area contributed by atoms with Crippen LogP contribution in [-0.4, -0.2) is 19.1 Å². The number of benzene rings is 1. The van der Waals surface area contributed by atoms with Crippen molar-refractivity contribution in [3.05, 3.63) is 53.1 Å². The van der Waals surface area contributed by atoms with Gasteiger partial charge in [-0.25, -0.2) is 4.98 Å². The maximum Gasteiger partial charge on any atom is 0.416 e. The number of anilines is 1. The van der Waals surface area contributed by atoms with Crippen molar-refractivity contribution < 1.29 is 13.2 Å². The minimum absolute atomic E-state index is 0.0557. The van der Waals surface area contributed by atoms with E-state index in [0.717, 1.165) is 12.1 Å². The van der Waals surface area contributed by atoms with E-state index in [1.54, 1.807) is 50.5 Å². The third-order valence-electron chi connectivity index (χ3n) is 3.36. The van der Waals surface area contributed by atoms with Crippen LogP contribution in [0.3, 0.4) is 0 Å². The van der Waals surface area contributed by atoms with Crippen molar-refractivity contribution in [1.82, 2.24) is 4.98 Å². The van der Waals surface area contributed by atoms with E-state index in [9.17, 15) is 13.2 Å². The fourth-order valence-electron chi connectivity index (χ4n) is 2.06. The Labute approximate surface area is 143 Å². The van der Waals surface area contributed by atoms with Gasteiger partial charge in [0.1, 0.15) is 23.5 Å². The first kappa shape index (κ1) is 18.0. The van der Waals surface area contributed by atoms with E-state index in [2.05, 4.69) is 4.98 Å². The first-order chi connectivity index (χ1) is 11.7. The van der Waals surface area contributed by atoms with Crippen LogP contribution in [0.1, 0.15) is 11.1 Å². The predicted molar refractivity (Wildman–Crippen MR) is 88.2 cm³/mol. The summed E-state index contributed by atoms with van der Waals surface area (Å²) < 4.78 is 39.3. The highest BCUT2D eigenvalue weighted by Crippen LogP contribution is 2.33. The van der Waals surface area contributed by atoms with Gasteiger partial charge in [0.05, 0.1) is 11.3 Å². The van der Waals surface area contributed by atoms with Crippen molar-refractivity contribution in [2.45, 2.75) is 6.18 Å². The zero-order chi connectivity index (χ0) is 18.6. The van der Waals surface area contributed by atoms with Crippen LogP contribution in [0.4, 0.5) is 19.0 Å². The van der Waals surface area contributed by atoms with E-state index in [1.807, 2.05) is 0 Å². The van der Waals surface area contributed by atoms with Crippen LogP contribution in [0.15, 0.2) is 42.0 Å². The number of pyridine rings is 1. The highest BCUT2D eigenvalue weighted by atomic mass is 19.4. The lowest BCUT2D eigenvalue weighted by Crippen LogP contribution is -2.14. The maximum atomic E-state index is 13.1. The number of rotatable bonds is 3. The first-order valence-electron chi connectivity index (χ1n) is 7.13. The summed E-state index contributed by atoms with van der Waals surface area (Å²) in [5.74, 6) is 0.199. The van der Waals surface area contributed by atoms with Crippen LogP contribution >= 0.6 is 0 Å². The quantitative estimate of drug-likeness (QED) is 0.782. The number of aromatic nitrogens is 1. The molecule has 0 aliphatic carbocycles. The monoisotopic (exact) mass is 342 g/mol. The van der Waals surface area contributed by atoms with Crippen LogP contribution in [0.25, 0.3) is 17.3 Å². The Morgan fingerprint density at radius 1 is 1.08 bits per heavy atom. The second kappa shape index (κ2) is 7.06. The highest BCUT2D eigenvalue weighted by Gasteiger charge is 2.32. The van der Waals surface area contributed by atoms with E-state index in [-0.39, 0.29) is 17.1 Å². The second-order valence-corrected chi connectivity index (χ2v) is 5.40. The number of nitriles is 2. The van der Waals surface area contributed by atoms with Gasteiger partial charge in [-0.05, 0) is 23.8 Å².